The van der Waals surface area contributed by atoms with Gasteiger partial charge in [-0.05, 0) is 49.5 Å². The monoisotopic (exact) mass is 408 g/mol. The third-order valence-corrected chi connectivity index (χ3v) is 3.62. The van der Waals surface area contributed by atoms with Crippen LogP contribution in [0.25, 0.3) is 6.08 Å². The number of aryl methyl sites for hydroxylation is 1. The van der Waals surface area contributed by atoms with E-state index in [9.17, 15) is 19.7 Å². The summed E-state index contributed by atoms with van der Waals surface area (Å²) in [7, 11) is 0. The van der Waals surface area contributed by atoms with Crippen LogP contribution in [-0.2, 0) is 4.79 Å². The van der Waals surface area contributed by atoms with Gasteiger partial charge in [-0.2, -0.15) is 0 Å². The van der Waals surface area contributed by atoms with Gasteiger partial charge in [0.1, 0.15) is 16.5 Å². The van der Waals surface area contributed by atoms with E-state index in [0.29, 0.717) is 11.5 Å². The number of hydrogen-bond donors (Lipinski definition) is 3. The fourth-order valence-electron chi connectivity index (χ4n) is 1.87. The average molecular weight is 409 g/mol. The molecule has 0 radical (unpaired) electrons. The number of nitrogens with zero attached hydrogens (tertiary/aromatic N) is 1. The highest BCUT2D eigenvalue weighted by Gasteiger charge is 2.16. The van der Waals surface area contributed by atoms with Crippen LogP contribution < -0.4 is 16.2 Å². The summed E-state index contributed by atoms with van der Waals surface area (Å²) < 4.78 is 5.27. The second kappa shape index (κ2) is 8.92. The first-order valence-electron chi connectivity index (χ1n) is 7.36. The van der Waals surface area contributed by atoms with Gasteiger partial charge in [0.25, 0.3) is 11.6 Å². The highest BCUT2D eigenvalue weighted by atomic mass is 35.5. The van der Waals surface area contributed by atoms with Crippen molar-refractivity contribution in [3.8, 4) is 0 Å². The molecule has 1 aromatic heterocycles. The predicted molar refractivity (Wildman–Crippen MR) is 102 cm³/mol. The number of hydrogen-bond acceptors (Lipinski definition) is 6. The molecular weight excluding hydrogens is 396 g/mol. The van der Waals surface area contributed by atoms with Crippen molar-refractivity contribution in [2.75, 3.05) is 0 Å². The second-order valence-corrected chi connectivity index (χ2v) is 5.92. The third-order valence-electron chi connectivity index (χ3n) is 3.09. The lowest BCUT2D eigenvalue weighted by molar-refractivity contribution is -0.384. The molecule has 3 N–H and O–H groups in total. The third kappa shape index (κ3) is 5.90. The van der Waals surface area contributed by atoms with Gasteiger partial charge in [0.05, 0.1) is 4.92 Å². The molecule has 27 heavy (non-hydrogen) atoms. The molecule has 9 nitrogen and oxygen atoms in total. The number of nitro groups is 1. The van der Waals surface area contributed by atoms with Gasteiger partial charge >= 0.3 is 0 Å². The van der Waals surface area contributed by atoms with Crippen molar-refractivity contribution in [1.82, 2.24) is 16.2 Å². The molecule has 0 saturated carbocycles. The molecule has 0 unspecified atom stereocenters. The summed E-state index contributed by atoms with van der Waals surface area (Å²) in [4.78, 5) is 33.9. The molecule has 0 aliphatic rings. The summed E-state index contributed by atoms with van der Waals surface area (Å²) in [6.07, 6.45) is 2.66. The average Bonchev–Trinajstić information content (AvgIpc) is 3.03. The predicted octanol–water partition coefficient (Wildman–Crippen LogP) is 2.50. The molecule has 0 spiro atoms. The second-order valence-electron chi connectivity index (χ2n) is 5.10. The molecule has 0 aliphatic heterocycles. The van der Waals surface area contributed by atoms with Crippen molar-refractivity contribution in [1.29, 1.82) is 0 Å². The van der Waals surface area contributed by atoms with E-state index in [1.165, 1.54) is 24.3 Å². The van der Waals surface area contributed by atoms with Crippen LogP contribution in [0, 0.1) is 17.0 Å². The number of hydrazine groups is 1. The molecule has 0 aliphatic carbocycles. The van der Waals surface area contributed by atoms with Gasteiger partial charge in [0.15, 0.2) is 5.11 Å². The molecule has 0 atom stereocenters. The van der Waals surface area contributed by atoms with Crippen LogP contribution in [0.15, 0.2) is 40.8 Å². The molecule has 1 aromatic carbocycles. The molecule has 0 bridgehead atoms. The fourth-order valence-corrected chi connectivity index (χ4v) is 2.20. The van der Waals surface area contributed by atoms with Crippen LogP contribution in [0.2, 0.25) is 5.02 Å². The maximum atomic E-state index is 12.0. The minimum Gasteiger partial charge on any atom is -0.462 e. The molecule has 1 heterocycles. The summed E-state index contributed by atoms with van der Waals surface area (Å²) in [6, 6.07) is 7.01. The van der Waals surface area contributed by atoms with E-state index in [0.717, 1.165) is 6.07 Å². The first kappa shape index (κ1) is 20.1. The van der Waals surface area contributed by atoms with E-state index >= 15 is 0 Å². The fraction of sp³-hybridized carbons (Fsp3) is 0.0625. The van der Waals surface area contributed by atoms with Crippen molar-refractivity contribution in [3.05, 3.63) is 68.6 Å². The smallest absolute Gasteiger partial charge is 0.288 e. The van der Waals surface area contributed by atoms with Crippen LogP contribution in [0.3, 0.4) is 0 Å². The molecule has 11 heteroatoms. The van der Waals surface area contributed by atoms with Gasteiger partial charge in [-0.15, -0.1) is 0 Å². The van der Waals surface area contributed by atoms with E-state index in [1.54, 1.807) is 19.1 Å². The highest BCUT2D eigenvalue weighted by molar-refractivity contribution is 7.80. The number of carbonyl (C=O) groups is 2. The Morgan fingerprint density at radius 2 is 2.00 bits per heavy atom. The van der Waals surface area contributed by atoms with Crippen LogP contribution in [0.4, 0.5) is 5.69 Å². The Morgan fingerprint density at radius 1 is 1.26 bits per heavy atom. The Kier molecular flexibility index (Phi) is 6.63. The molecule has 0 saturated heterocycles. The van der Waals surface area contributed by atoms with E-state index in [2.05, 4.69) is 16.2 Å². The van der Waals surface area contributed by atoms with E-state index < -0.39 is 22.4 Å². The van der Waals surface area contributed by atoms with E-state index in [4.69, 9.17) is 28.2 Å². The molecular formula is C16H13ClN4O5S. The number of nitrogens with one attached hydrogen (secondary N) is 3. The lowest BCUT2D eigenvalue weighted by atomic mass is 10.2. The van der Waals surface area contributed by atoms with Crippen molar-refractivity contribution in [2.45, 2.75) is 6.92 Å². The van der Waals surface area contributed by atoms with Crippen molar-refractivity contribution >= 4 is 52.5 Å². The Bertz CT molecular complexity index is 941. The normalized spacial score (nSPS) is 10.4. The SMILES string of the molecule is Cc1ccc(/C=C/C(=O)NC(=S)NNC(=O)c2ccc(Cl)c([N+](=O)[O-])c2)o1. The topological polar surface area (TPSA) is 127 Å². The maximum Gasteiger partial charge on any atom is 0.288 e. The number of carbonyl (C=O) groups excluding carboxylic acids is 2. The molecule has 2 rings (SSSR count). The minimum absolute atomic E-state index is 0.0131. The molecule has 2 aromatic rings. The van der Waals surface area contributed by atoms with Gasteiger partial charge in [0, 0.05) is 17.7 Å². The van der Waals surface area contributed by atoms with Crippen LogP contribution in [0.5, 0.6) is 0 Å². The first-order valence-corrected chi connectivity index (χ1v) is 8.14. The van der Waals surface area contributed by atoms with Crippen LogP contribution in [0.1, 0.15) is 21.9 Å². The zero-order valence-corrected chi connectivity index (χ0v) is 15.4. The van der Waals surface area contributed by atoms with E-state index in [1.807, 2.05) is 0 Å². The molecule has 140 valence electrons. The van der Waals surface area contributed by atoms with Gasteiger partial charge in [-0.3, -0.25) is 35.9 Å². The lowest BCUT2D eigenvalue weighted by Crippen LogP contribution is -2.48. The number of furan rings is 1. The van der Waals surface area contributed by atoms with Crippen LogP contribution >= 0.6 is 23.8 Å². The number of nitro benzene ring substituents is 1. The Balaban J connectivity index is 1.86. The van der Waals surface area contributed by atoms with Gasteiger partial charge in [-0.1, -0.05) is 11.6 Å². The Labute approximate surface area is 163 Å². The number of halogens is 1. The van der Waals surface area contributed by atoms with Crippen molar-refractivity contribution in [2.24, 2.45) is 0 Å². The van der Waals surface area contributed by atoms with E-state index in [-0.39, 0.29) is 15.7 Å². The Morgan fingerprint density at radius 3 is 2.63 bits per heavy atom. The standard InChI is InChI=1S/C16H13ClN4O5S/c1-9-2-4-11(26-9)5-7-14(22)18-16(27)20-19-15(23)10-3-6-12(17)13(8-10)21(24)25/h2-8H,1H3,(H,19,23)(H2,18,20,22,27)/b7-5+. The largest absolute Gasteiger partial charge is 0.462 e. The lowest BCUT2D eigenvalue weighted by Gasteiger charge is -2.09. The number of amides is 2. The highest BCUT2D eigenvalue weighted by Crippen LogP contribution is 2.24. The molecule has 2 amide bonds. The Hall–Kier alpha value is -3.24. The summed E-state index contributed by atoms with van der Waals surface area (Å²) >= 11 is 10.6. The minimum atomic E-state index is -0.704. The number of thiocarbonyl (C=S) groups is 1. The zero-order valence-electron chi connectivity index (χ0n) is 13.8. The van der Waals surface area contributed by atoms with Crippen LogP contribution in [-0.4, -0.2) is 21.9 Å². The van der Waals surface area contributed by atoms with Gasteiger partial charge in [0.2, 0.25) is 5.91 Å². The number of rotatable bonds is 4. The maximum absolute atomic E-state index is 12.0. The first-order chi connectivity index (χ1) is 12.8. The van der Waals surface area contributed by atoms with Gasteiger partial charge in [-0.25, -0.2) is 0 Å². The van der Waals surface area contributed by atoms with Gasteiger partial charge < -0.3 is 4.42 Å². The summed E-state index contributed by atoms with van der Waals surface area (Å²) in [5.74, 6) is -0.0394. The zero-order chi connectivity index (χ0) is 20.0. The van der Waals surface area contributed by atoms with Crippen molar-refractivity contribution < 1.29 is 18.9 Å². The quantitative estimate of drug-likeness (QED) is 0.307. The van der Waals surface area contributed by atoms with Crippen molar-refractivity contribution in [3.63, 3.8) is 0 Å². The summed E-state index contributed by atoms with van der Waals surface area (Å²) in [6.45, 7) is 1.77. The summed E-state index contributed by atoms with van der Waals surface area (Å²) in [5.41, 5.74) is 4.11. The number of benzene rings is 1. The molecule has 0 fully saturated rings. The summed E-state index contributed by atoms with van der Waals surface area (Å²) in [5, 5.41) is 12.9.